The molecule has 0 aliphatic rings. The molecule has 6 heteroatoms. The summed E-state index contributed by atoms with van der Waals surface area (Å²) in [6.07, 6.45) is -1.82. The molecule has 16 heavy (non-hydrogen) atoms. The molecule has 3 N–H and O–H groups in total. The first-order valence-electron chi connectivity index (χ1n) is 4.62. The van der Waals surface area contributed by atoms with Crippen LogP contribution < -0.4 is 4.74 Å². The van der Waals surface area contributed by atoms with Gasteiger partial charge in [0, 0.05) is 17.8 Å². The molecule has 0 aliphatic heterocycles. The molecule has 0 radical (unpaired) electrons. The predicted octanol–water partition coefficient (Wildman–Crippen LogP) is -0.0408. The number of rotatable bonds is 5. The number of aliphatic hydroxyl groups excluding tert-OH is 2. The van der Waals surface area contributed by atoms with Gasteiger partial charge in [0.05, 0.1) is 19.6 Å². The Morgan fingerprint density at radius 3 is 2.62 bits per heavy atom. The lowest BCUT2D eigenvalue weighted by atomic mass is 10.0. The molecule has 1 rings (SSSR count). The maximum absolute atomic E-state index is 10.3. The summed E-state index contributed by atoms with van der Waals surface area (Å²) in [6, 6.07) is 3.04. The van der Waals surface area contributed by atoms with E-state index < -0.39 is 24.6 Å². The van der Waals surface area contributed by atoms with Crippen LogP contribution in [0.25, 0.3) is 0 Å². The molecular formula is C10H13NO5. The van der Waals surface area contributed by atoms with Gasteiger partial charge in [-0.05, 0) is 6.07 Å². The summed E-state index contributed by atoms with van der Waals surface area (Å²) >= 11 is 0. The predicted molar refractivity (Wildman–Crippen MR) is 54.0 cm³/mol. The zero-order chi connectivity index (χ0) is 12.1. The van der Waals surface area contributed by atoms with E-state index >= 15 is 0 Å². The normalized spacial score (nSPS) is 14.2. The van der Waals surface area contributed by atoms with Crippen molar-refractivity contribution in [1.82, 2.24) is 4.98 Å². The molecule has 0 amide bonds. The van der Waals surface area contributed by atoms with E-state index in [1.54, 1.807) is 0 Å². The van der Waals surface area contributed by atoms with Crippen LogP contribution in [0.4, 0.5) is 0 Å². The Bertz CT molecular complexity index is 351. The lowest BCUT2D eigenvalue weighted by Crippen LogP contribution is -2.21. The molecule has 0 spiro atoms. The fourth-order valence-electron chi connectivity index (χ4n) is 1.20. The Hall–Kier alpha value is -1.66. The number of hydrogen-bond donors (Lipinski definition) is 3. The minimum Gasteiger partial charge on any atom is -0.481 e. The topological polar surface area (TPSA) is 99.9 Å². The third kappa shape index (κ3) is 3.18. The van der Waals surface area contributed by atoms with Crippen molar-refractivity contribution in [3.8, 4) is 5.88 Å². The monoisotopic (exact) mass is 227 g/mol. The Balaban J connectivity index is 2.71. The van der Waals surface area contributed by atoms with Crippen LogP contribution in [0.2, 0.25) is 0 Å². The molecule has 1 aromatic heterocycles. The van der Waals surface area contributed by atoms with E-state index in [1.165, 1.54) is 25.4 Å². The third-order valence-electron chi connectivity index (χ3n) is 2.06. The van der Waals surface area contributed by atoms with Crippen LogP contribution in [0.3, 0.4) is 0 Å². The van der Waals surface area contributed by atoms with Crippen LogP contribution in [0.1, 0.15) is 18.1 Å². The average molecular weight is 227 g/mol. The quantitative estimate of drug-likeness (QED) is 0.652. The van der Waals surface area contributed by atoms with Gasteiger partial charge in [-0.15, -0.1) is 0 Å². The van der Waals surface area contributed by atoms with Gasteiger partial charge in [0.2, 0.25) is 5.88 Å². The molecule has 2 atom stereocenters. The molecule has 6 nitrogen and oxygen atoms in total. The summed E-state index contributed by atoms with van der Waals surface area (Å²) in [7, 11) is 1.46. The van der Waals surface area contributed by atoms with E-state index in [0.717, 1.165) is 0 Å². The van der Waals surface area contributed by atoms with Gasteiger partial charge in [0.15, 0.2) is 0 Å². The van der Waals surface area contributed by atoms with Crippen LogP contribution in [0.15, 0.2) is 18.3 Å². The van der Waals surface area contributed by atoms with Gasteiger partial charge >= 0.3 is 5.97 Å². The summed E-state index contributed by atoms with van der Waals surface area (Å²) in [6.45, 7) is 0. The molecule has 0 saturated carbocycles. The number of aromatic nitrogens is 1. The molecule has 2 unspecified atom stereocenters. The zero-order valence-electron chi connectivity index (χ0n) is 8.70. The average Bonchev–Trinajstić information content (AvgIpc) is 2.27. The summed E-state index contributed by atoms with van der Waals surface area (Å²) in [4.78, 5) is 14.2. The number of carboxylic acid groups (broad SMARTS) is 1. The summed E-state index contributed by atoms with van der Waals surface area (Å²) in [5.41, 5.74) is 0.342. The SMILES string of the molecule is COc1ccc(C(O)C(O)CC(=O)O)cn1. The second kappa shape index (κ2) is 5.43. The molecule has 0 bridgehead atoms. The molecule has 0 aliphatic carbocycles. The minimum absolute atomic E-state index is 0.342. The second-order valence-electron chi connectivity index (χ2n) is 3.24. The number of nitrogens with zero attached hydrogens (tertiary/aromatic N) is 1. The van der Waals surface area contributed by atoms with Gasteiger partial charge in [0.25, 0.3) is 0 Å². The van der Waals surface area contributed by atoms with Crippen molar-refractivity contribution in [3.05, 3.63) is 23.9 Å². The van der Waals surface area contributed by atoms with Crippen molar-refractivity contribution in [2.75, 3.05) is 7.11 Å². The highest BCUT2D eigenvalue weighted by Gasteiger charge is 2.21. The number of methoxy groups -OCH3 is 1. The molecule has 88 valence electrons. The van der Waals surface area contributed by atoms with Crippen LogP contribution in [-0.4, -0.2) is 39.5 Å². The van der Waals surface area contributed by atoms with E-state index in [2.05, 4.69) is 4.98 Å². The summed E-state index contributed by atoms with van der Waals surface area (Å²) in [5.74, 6) is -0.795. The van der Waals surface area contributed by atoms with E-state index in [4.69, 9.17) is 9.84 Å². The smallest absolute Gasteiger partial charge is 0.306 e. The Labute approximate surface area is 92.1 Å². The number of carbonyl (C=O) groups is 1. The lowest BCUT2D eigenvalue weighted by molar-refractivity contribution is -0.141. The van der Waals surface area contributed by atoms with Crippen molar-refractivity contribution >= 4 is 5.97 Å². The Morgan fingerprint density at radius 2 is 2.19 bits per heavy atom. The van der Waals surface area contributed by atoms with Gasteiger partial charge in [-0.25, -0.2) is 4.98 Å². The number of ether oxygens (including phenoxy) is 1. The Morgan fingerprint density at radius 1 is 1.50 bits per heavy atom. The van der Waals surface area contributed by atoms with Crippen LogP contribution in [0, 0.1) is 0 Å². The first-order valence-corrected chi connectivity index (χ1v) is 4.62. The highest BCUT2D eigenvalue weighted by atomic mass is 16.5. The number of pyridine rings is 1. The fourth-order valence-corrected chi connectivity index (χ4v) is 1.20. The third-order valence-corrected chi connectivity index (χ3v) is 2.06. The fraction of sp³-hybridized carbons (Fsp3) is 0.400. The van der Waals surface area contributed by atoms with Crippen molar-refractivity contribution in [3.63, 3.8) is 0 Å². The number of carboxylic acids is 1. The van der Waals surface area contributed by atoms with Crippen molar-refractivity contribution in [2.24, 2.45) is 0 Å². The number of aliphatic carboxylic acids is 1. The number of hydrogen-bond acceptors (Lipinski definition) is 5. The Kier molecular flexibility index (Phi) is 4.21. The van der Waals surface area contributed by atoms with E-state index in [9.17, 15) is 15.0 Å². The van der Waals surface area contributed by atoms with Gasteiger partial charge in [-0.1, -0.05) is 0 Å². The molecule has 1 aromatic rings. The molecule has 1 heterocycles. The van der Waals surface area contributed by atoms with Crippen LogP contribution in [0.5, 0.6) is 5.88 Å². The molecule has 0 saturated heterocycles. The lowest BCUT2D eigenvalue weighted by Gasteiger charge is -2.16. The highest BCUT2D eigenvalue weighted by Crippen LogP contribution is 2.19. The van der Waals surface area contributed by atoms with Gasteiger partial charge in [-0.2, -0.15) is 0 Å². The standard InChI is InChI=1S/C10H13NO5/c1-16-8-3-2-6(5-11-8)10(15)7(12)4-9(13)14/h2-3,5,7,10,12,15H,4H2,1H3,(H,13,14). The van der Waals surface area contributed by atoms with E-state index in [1.807, 2.05) is 0 Å². The molecule has 0 aromatic carbocycles. The van der Waals surface area contributed by atoms with E-state index in [-0.39, 0.29) is 0 Å². The van der Waals surface area contributed by atoms with Crippen molar-refractivity contribution in [1.29, 1.82) is 0 Å². The van der Waals surface area contributed by atoms with Crippen molar-refractivity contribution in [2.45, 2.75) is 18.6 Å². The first kappa shape index (κ1) is 12.4. The summed E-state index contributed by atoms with van der Waals surface area (Å²) < 4.78 is 4.82. The van der Waals surface area contributed by atoms with Gasteiger partial charge < -0.3 is 20.1 Å². The number of aliphatic hydroxyl groups is 2. The second-order valence-corrected chi connectivity index (χ2v) is 3.24. The maximum atomic E-state index is 10.3. The highest BCUT2D eigenvalue weighted by molar-refractivity contribution is 5.67. The molecule has 0 fully saturated rings. The first-order chi connectivity index (χ1) is 7.54. The van der Waals surface area contributed by atoms with Crippen LogP contribution >= 0.6 is 0 Å². The van der Waals surface area contributed by atoms with E-state index in [0.29, 0.717) is 11.4 Å². The molecular weight excluding hydrogens is 214 g/mol. The van der Waals surface area contributed by atoms with Gasteiger partial charge in [-0.3, -0.25) is 4.79 Å². The van der Waals surface area contributed by atoms with Crippen molar-refractivity contribution < 1.29 is 24.9 Å². The summed E-state index contributed by atoms with van der Waals surface area (Å²) in [5, 5.41) is 27.4. The largest absolute Gasteiger partial charge is 0.481 e. The van der Waals surface area contributed by atoms with Crippen LogP contribution in [-0.2, 0) is 4.79 Å². The zero-order valence-corrected chi connectivity index (χ0v) is 8.70. The van der Waals surface area contributed by atoms with Gasteiger partial charge in [0.1, 0.15) is 6.10 Å². The maximum Gasteiger partial charge on any atom is 0.306 e. The minimum atomic E-state index is -1.35.